The summed E-state index contributed by atoms with van der Waals surface area (Å²) in [6.45, 7) is 8.99. The van der Waals surface area contributed by atoms with Crippen LogP contribution in [0.4, 0.5) is 0 Å². The first-order valence-electron chi connectivity index (χ1n) is 6.10. The number of rotatable bonds is 5. The molecule has 5 nitrogen and oxygen atoms in total. The summed E-state index contributed by atoms with van der Waals surface area (Å²) in [7, 11) is 1.38. The smallest absolute Gasteiger partial charge is 0.344 e. The minimum atomic E-state index is -0.575. The van der Waals surface area contributed by atoms with Gasteiger partial charge < -0.3 is 4.74 Å². The Balaban J connectivity index is 2.79. The van der Waals surface area contributed by atoms with E-state index in [2.05, 4.69) is 16.9 Å². The van der Waals surface area contributed by atoms with Crippen LogP contribution >= 0.6 is 0 Å². The van der Waals surface area contributed by atoms with Gasteiger partial charge in [-0.15, -0.1) is 0 Å². The number of benzene rings is 1. The van der Waals surface area contributed by atoms with E-state index in [0.29, 0.717) is 11.1 Å². The summed E-state index contributed by atoms with van der Waals surface area (Å²) in [4.78, 5) is 28.4. The van der Waals surface area contributed by atoms with Crippen molar-refractivity contribution >= 4 is 11.8 Å². The van der Waals surface area contributed by atoms with Crippen molar-refractivity contribution in [2.75, 3.05) is 7.11 Å². The number of hydrogen-bond acceptors (Lipinski definition) is 5. The molecule has 0 fully saturated rings. The van der Waals surface area contributed by atoms with Crippen LogP contribution in [0.1, 0.15) is 41.5 Å². The highest BCUT2D eigenvalue weighted by Gasteiger charge is 2.23. The van der Waals surface area contributed by atoms with E-state index >= 15 is 0 Å². The van der Waals surface area contributed by atoms with Gasteiger partial charge in [-0.3, -0.25) is 9.63 Å². The SMILES string of the molecule is C=C(NOC)OC(=O)c1ccc(C(=O)C(C)(C)C)cc1. The standard InChI is InChI=1S/C15H19NO4/c1-10(16-19-5)20-14(18)12-8-6-11(7-9-12)13(17)15(2,3)4/h6-9,16H,1H2,2-5H3. The molecule has 0 bridgehead atoms. The van der Waals surface area contributed by atoms with Crippen LogP contribution in [-0.4, -0.2) is 18.9 Å². The molecule has 1 aromatic rings. The zero-order valence-corrected chi connectivity index (χ0v) is 12.1. The lowest BCUT2D eigenvalue weighted by molar-refractivity contribution is 0.0355. The maximum atomic E-state index is 12.1. The molecule has 108 valence electrons. The Bertz CT molecular complexity index is 512. The minimum Gasteiger partial charge on any atom is -0.405 e. The molecule has 1 rings (SSSR count). The lowest BCUT2D eigenvalue weighted by atomic mass is 9.86. The highest BCUT2D eigenvalue weighted by molar-refractivity contribution is 6.00. The molecule has 1 aromatic carbocycles. The fraction of sp³-hybridized carbons (Fsp3) is 0.333. The molecule has 5 heteroatoms. The van der Waals surface area contributed by atoms with Crippen molar-refractivity contribution in [1.29, 1.82) is 0 Å². The molecule has 0 aromatic heterocycles. The first-order chi connectivity index (χ1) is 9.25. The zero-order valence-electron chi connectivity index (χ0n) is 12.1. The van der Waals surface area contributed by atoms with Crippen molar-refractivity contribution in [3.63, 3.8) is 0 Å². The average molecular weight is 277 g/mol. The van der Waals surface area contributed by atoms with E-state index in [1.54, 1.807) is 24.3 Å². The van der Waals surface area contributed by atoms with Crippen molar-refractivity contribution in [3.05, 3.63) is 47.9 Å². The zero-order chi connectivity index (χ0) is 15.3. The van der Waals surface area contributed by atoms with Gasteiger partial charge in [0.15, 0.2) is 5.78 Å². The Morgan fingerprint density at radius 1 is 1.10 bits per heavy atom. The van der Waals surface area contributed by atoms with Gasteiger partial charge >= 0.3 is 5.97 Å². The molecule has 20 heavy (non-hydrogen) atoms. The van der Waals surface area contributed by atoms with Gasteiger partial charge in [-0.05, 0) is 18.7 Å². The average Bonchev–Trinajstić information content (AvgIpc) is 2.37. The van der Waals surface area contributed by atoms with Crippen molar-refractivity contribution in [1.82, 2.24) is 5.48 Å². The number of carbonyl (C=O) groups is 2. The molecule has 0 saturated carbocycles. The van der Waals surface area contributed by atoms with Gasteiger partial charge in [-0.25, -0.2) is 10.3 Å². The normalized spacial score (nSPS) is 10.8. The van der Waals surface area contributed by atoms with E-state index in [1.807, 2.05) is 20.8 Å². The first-order valence-corrected chi connectivity index (χ1v) is 6.10. The molecule has 0 atom stereocenters. The number of hydrogen-bond donors (Lipinski definition) is 1. The lowest BCUT2D eigenvalue weighted by Gasteiger charge is -2.16. The van der Waals surface area contributed by atoms with Crippen LogP contribution in [0.2, 0.25) is 0 Å². The molecule has 0 heterocycles. The molecule has 0 aliphatic rings. The monoisotopic (exact) mass is 277 g/mol. The van der Waals surface area contributed by atoms with Gasteiger partial charge in [0.05, 0.1) is 12.7 Å². The Morgan fingerprint density at radius 3 is 2.05 bits per heavy atom. The number of ether oxygens (including phenoxy) is 1. The van der Waals surface area contributed by atoms with Gasteiger partial charge in [-0.1, -0.05) is 32.9 Å². The quantitative estimate of drug-likeness (QED) is 0.388. The van der Waals surface area contributed by atoms with Crippen molar-refractivity contribution in [2.45, 2.75) is 20.8 Å². The number of ketones is 1. The van der Waals surface area contributed by atoms with Gasteiger partial charge in [-0.2, -0.15) is 0 Å². The predicted octanol–water partition coefficient (Wildman–Crippen LogP) is 2.69. The maximum absolute atomic E-state index is 12.1. The summed E-state index contributed by atoms with van der Waals surface area (Å²) < 4.78 is 4.89. The fourth-order valence-electron chi connectivity index (χ4n) is 1.50. The summed E-state index contributed by atoms with van der Waals surface area (Å²) in [6, 6.07) is 6.30. The van der Waals surface area contributed by atoms with E-state index in [4.69, 9.17) is 4.74 Å². The van der Waals surface area contributed by atoms with Crippen LogP contribution in [-0.2, 0) is 9.57 Å². The second-order valence-corrected chi connectivity index (χ2v) is 5.28. The third-order valence-electron chi connectivity index (χ3n) is 2.50. The second-order valence-electron chi connectivity index (χ2n) is 5.28. The van der Waals surface area contributed by atoms with E-state index < -0.39 is 11.4 Å². The molecule has 0 saturated heterocycles. The number of Topliss-reactive ketones (excluding diaryl/α,β-unsaturated/α-hetero) is 1. The largest absolute Gasteiger partial charge is 0.405 e. The minimum absolute atomic E-state index is 0.00709. The van der Waals surface area contributed by atoms with E-state index in [1.165, 1.54) is 7.11 Å². The van der Waals surface area contributed by atoms with Crippen LogP contribution in [0.15, 0.2) is 36.7 Å². The van der Waals surface area contributed by atoms with Gasteiger partial charge in [0.2, 0.25) is 5.88 Å². The van der Waals surface area contributed by atoms with Crippen LogP contribution in [0.5, 0.6) is 0 Å². The summed E-state index contributed by atoms with van der Waals surface area (Å²) in [5, 5.41) is 0. The molecule has 0 amide bonds. The Hall–Kier alpha value is -2.14. The molecule has 1 N–H and O–H groups in total. The van der Waals surface area contributed by atoms with Gasteiger partial charge in [0, 0.05) is 11.0 Å². The first kappa shape index (κ1) is 15.9. The molecule has 0 spiro atoms. The molecule has 0 aliphatic heterocycles. The third-order valence-corrected chi connectivity index (χ3v) is 2.50. The van der Waals surface area contributed by atoms with Crippen LogP contribution in [0.25, 0.3) is 0 Å². The highest BCUT2D eigenvalue weighted by atomic mass is 16.7. The van der Waals surface area contributed by atoms with Crippen LogP contribution in [0.3, 0.4) is 0 Å². The fourth-order valence-corrected chi connectivity index (χ4v) is 1.50. The molecule has 0 unspecified atom stereocenters. The van der Waals surface area contributed by atoms with Crippen LogP contribution in [0, 0.1) is 5.41 Å². The van der Waals surface area contributed by atoms with Gasteiger partial charge in [0.25, 0.3) is 0 Å². The topological polar surface area (TPSA) is 64.6 Å². The number of hydroxylamine groups is 1. The summed E-state index contributed by atoms with van der Waals surface area (Å²) in [5.41, 5.74) is 2.73. The van der Waals surface area contributed by atoms with Crippen molar-refractivity contribution in [3.8, 4) is 0 Å². The maximum Gasteiger partial charge on any atom is 0.344 e. The summed E-state index contributed by atoms with van der Waals surface area (Å²) in [6.07, 6.45) is 0. The van der Waals surface area contributed by atoms with Crippen LogP contribution < -0.4 is 5.48 Å². The molecular weight excluding hydrogens is 258 g/mol. The van der Waals surface area contributed by atoms with E-state index in [-0.39, 0.29) is 11.7 Å². The van der Waals surface area contributed by atoms with Crippen molar-refractivity contribution < 1.29 is 19.2 Å². The molecule has 0 radical (unpaired) electrons. The molecule has 0 aliphatic carbocycles. The van der Waals surface area contributed by atoms with Crippen molar-refractivity contribution in [2.24, 2.45) is 5.41 Å². The number of carbonyl (C=O) groups excluding carboxylic acids is 2. The van der Waals surface area contributed by atoms with Gasteiger partial charge in [0.1, 0.15) is 0 Å². The highest BCUT2D eigenvalue weighted by Crippen LogP contribution is 2.21. The molecular formula is C15H19NO4. The Kier molecular flexibility index (Phi) is 5.05. The lowest BCUT2D eigenvalue weighted by Crippen LogP contribution is -2.20. The summed E-state index contributed by atoms with van der Waals surface area (Å²) in [5.74, 6) is -0.565. The number of nitrogens with one attached hydrogen (secondary N) is 1. The van der Waals surface area contributed by atoms with E-state index in [0.717, 1.165) is 0 Å². The Labute approximate surface area is 118 Å². The number of esters is 1. The second kappa shape index (κ2) is 6.34. The third kappa shape index (κ3) is 4.20. The van der Waals surface area contributed by atoms with E-state index in [9.17, 15) is 9.59 Å². The summed E-state index contributed by atoms with van der Waals surface area (Å²) >= 11 is 0. The predicted molar refractivity (Wildman–Crippen MR) is 74.9 cm³/mol. The Morgan fingerprint density at radius 2 is 1.60 bits per heavy atom.